The summed E-state index contributed by atoms with van der Waals surface area (Å²) in [6, 6.07) is 9.32. The number of H-pyrrole nitrogens is 1. The van der Waals surface area contributed by atoms with E-state index >= 15 is 0 Å². The summed E-state index contributed by atoms with van der Waals surface area (Å²) < 4.78 is 0. The Bertz CT molecular complexity index is 825. The number of hydrogen-bond acceptors (Lipinski definition) is 3. The predicted octanol–water partition coefficient (Wildman–Crippen LogP) is 5.69. The average Bonchev–Trinajstić information content (AvgIpc) is 2.88. The summed E-state index contributed by atoms with van der Waals surface area (Å²) in [5, 5.41) is 8.77. The molecule has 0 saturated carbocycles. The minimum Gasteiger partial charge on any atom is -0.398 e. The lowest BCUT2D eigenvalue weighted by Gasteiger charge is -2.01. The Morgan fingerprint density at radius 1 is 1.17 bits per heavy atom. The predicted molar refractivity (Wildman–Crippen MR) is 105 cm³/mol. The summed E-state index contributed by atoms with van der Waals surface area (Å²) in [4.78, 5) is 7.12. The summed E-state index contributed by atoms with van der Waals surface area (Å²) in [7, 11) is 0. The van der Waals surface area contributed by atoms with Gasteiger partial charge in [0.2, 0.25) is 0 Å². The number of aromatic amines is 1. The van der Waals surface area contributed by atoms with Crippen LogP contribution in [0.1, 0.15) is 30.7 Å². The van der Waals surface area contributed by atoms with E-state index in [0.717, 1.165) is 22.2 Å². The first-order valence-corrected chi connectivity index (χ1v) is 8.34. The third kappa shape index (κ3) is 5.55. The van der Waals surface area contributed by atoms with Gasteiger partial charge >= 0.3 is 0 Å². The van der Waals surface area contributed by atoms with Crippen LogP contribution in [-0.4, -0.2) is 15.1 Å². The summed E-state index contributed by atoms with van der Waals surface area (Å²) in [5.41, 5.74) is 9.99. The number of hydrogen-bond donors (Lipinski definition) is 3. The van der Waals surface area contributed by atoms with Gasteiger partial charge in [0.05, 0.1) is 11.7 Å². The molecule has 2 aromatic heterocycles. The highest BCUT2D eigenvalue weighted by molar-refractivity contribution is 6.69. The van der Waals surface area contributed by atoms with Gasteiger partial charge in [0, 0.05) is 22.3 Å². The van der Waals surface area contributed by atoms with Crippen LogP contribution in [0.25, 0.3) is 10.9 Å². The molecule has 0 aliphatic rings. The fourth-order valence-electron chi connectivity index (χ4n) is 2.03. The van der Waals surface area contributed by atoms with Crippen LogP contribution in [0.2, 0.25) is 5.15 Å². The van der Waals surface area contributed by atoms with E-state index in [1.165, 1.54) is 0 Å². The molecule has 0 saturated heterocycles. The minimum atomic E-state index is -0.0116. The van der Waals surface area contributed by atoms with E-state index in [1.54, 1.807) is 18.3 Å². The minimum absolute atomic E-state index is 0.0116. The second-order valence-corrected chi connectivity index (χ2v) is 5.72. The number of anilines is 1. The van der Waals surface area contributed by atoms with Crippen molar-refractivity contribution < 1.29 is 0 Å². The Kier molecular flexibility index (Phi) is 7.75. The van der Waals surface area contributed by atoms with E-state index < -0.39 is 0 Å². The fraction of sp³-hybridized carbons (Fsp3) is 0.222. The average molecular weight is 365 g/mol. The molecule has 0 aliphatic carbocycles. The Morgan fingerprint density at radius 2 is 1.83 bits per heavy atom. The highest BCUT2D eigenvalue weighted by atomic mass is 35.5. The molecule has 0 amide bonds. The quantitative estimate of drug-likeness (QED) is 0.294. The molecule has 4 nitrogen and oxygen atoms in total. The second kappa shape index (κ2) is 9.30. The number of benzene rings is 1. The van der Waals surface area contributed by atoms with Gasteiger partial charge in [-0.3, -0.25) is 5.41 Å². The Hall–Kier alpha value is -2.04. The van der Waals surface area contributed by atoms with Crippen LogP contribution >= 0.6 is 23.2 Å². The maximum atomic E-state index is 7.13. The van der Waals surface area contributed by atoms with E-state index in [-0.39, 0.29) is 5.17 Å². The number of aryl methyl sites for hydroxylation is 2. The van der Waals surface area contributed by atoms with Gasteiger partial charge in [-0.1, -0.05) is 43.1 Å². The van der Waals surface area contributed by atoms with Crippen molar-refractivity contribution in [3.8, 4) is 0 Å². The van der Waals surface area contributed by atoms with Gasteiger partial charge in [0.15, 0.2) is 0 Å². The summed E-state index contributed by atoms with van der Waals surface area (Å²) >= 11 is 11.2. The Morgan fingerprint density at radius 3 is 2.42 bits per heavy atom. The van der Waals surface area contributed by atoms with Crippen molar-refractivity contribution in [1.29, 1.82) is 5.41 Å². The summed E-state index contributed by atoms with van der Waals surface area (Å²) in [6.07, 6.45) is 1.74. The molecule has 0 atom stereocenters. The lowest BCUT2D eigenvalue weighted by Crippen LogP contribution is -1.97. The molecule has 0 unspecified atom stereocenters. The first-order valence-electron chi connectivity index (χ1n) is 7.58. The summed E-state index contributed by atoms with van der Waals surface area (Å²) in [6.45, 7) is 7.95. The SMILES string of the molecule is CC.Cc1cc2cc(Cl)ncc2[nH]1.Cc1ccc(C(=N)Cl)c(N)c1. The second-order valence-electron chi connectivity index (χ2n) is 4.95. The van der Waals surface area contributed by atoms with Gasteiger partial charge < -0.3 is 10.7 Å². The highest BCUT2D eigenvalue weighted by Gasteiger charge is 2.01. The molecular formula is C18H22Cl2N4. The fourth-order valence-corrected chi connectivity index (χ4v) is 2.37. The smallest absolute Gasteiger partial charge is 0.130 e. The van der Waals surface area contributed by atoms with Crippen molar-refractivity contribution >= 4 is 45.0 Å². The zero-order valence-electron chi connectivity index (χ0n) is 14.2. The maximum absolute atomic E-state index is 7.13. The van der Waals surface area contributed by atoms with Crippen LogP contribution in [0.5, 0.6) is 0 Å². The number of nitrogens with zero attached hydrogens (tertiary/aromatic N) is 1. The number of rotatable bonds is 1. The first kappa shape index (κ1) is 20.0. The van der Waals surface area contributed by atoms with Gasteiger partial charge in [-0.05, 0) is 43.7 Å². The van der Waals surface area contributed by atoms with Crippen LogP contribution < -0.4 is 5.73 Å². The molecule has 0 fully saturated rings. The van der Waals surface area contributed by atoms with Crippen molar-refractivity contribution in [1.82, 2.24) is 9.97 Å². The van der Waals surface area contributed by atoms with E-state index in [1.807, 2.05) is 45.9 Å². The third-order valence-electron chi connectivity index (χ3n) is 3.05. The molecule has 1 aromatic carbocycles. The highest BCUT2D eigenvalue weighted by Crippen LogP contribution is 2.17. The van der Waals surface area contributed by atoms with Gasteiger partial charge in [0.1, 0.15) is 10.3 Å². The van der Waals surface area contributed by atoms with Crippen molar-refractivity contribution in [3.63, 3.8) is 0 Å². The van der Waals surface area contributed by atoms with E-state index in [2.05, 4.69) is 9.97 Å². The first-order chi connectivity index (χ1) is 11.4. The zero-order chi connectivity index (χ0) is 18.3. The molecule has 0 bridgehead atoms. The molecule has 4 N–H and O–H groups in total. The van der Waals surface area contributed by atoms with Crippen molar-refractivity contribution in [2.24, 2.45) is 0 Å². The number of nitrogens with one attached hydrogen (secondary N) is 2. The molecular weight excluding hydrogens is 343 g/mol. The number of nitrogens with two attached hydrogens (primary N) is 1. The summed E-state index contributed by atoms with van der Waals surface area (Å²) in [5.74, 6) is 0. The normalized spacial score (nSPS) is 9.58. The molecule has 24 heavy (non-hydrogen) atoms. The number of aromatic nitrogens is 2. The lowest BCUT2D eigenvalue weighted by molar-refractivity contribution is 1.28. The van der Waals surface area contributed by atoms with E-state index in [9.17, 15) is 0 Å². The van der Waals surface area contributed by atoms with E-state index in [0.29, 0.717) is 16.4 Å². The molecule has 6 heteroatoms. The van der Waals surface area contributed by atoms with E-state index in [4.69, 9.17) is 34.3 Å². The van der Waals surface area contributed by atoms with Crippen LogP contribution in [0.3, 0.4) is 0 Å². The van der Waals surface area contributed by atoms with Crippen LogP contribution in [-0.2, 0) is 0 Å². The van der Waals surface area contributed by atoms with Crippen molar-refractivity contribution in [2.45, 2.75) is 27.7 Å². The third-order valence-corrected chi connectivity index (χ3v) is 3.46. The van der Waals surface area contributed by atoms with Gasteiger partial charge in [-0.2, -0.15) is 0 Å². The number of pyridine rings is 1. The van der Waals surface area contributed by atoms with Crippen molar-refractivity contribution in [3.05, 3.63) is 58.5 Å². The Balaban J connectivity index is 0.000000218. The van der Waals surface area contributed by atoms with Gasteiger partial charge in [0.25, 0.3) is 0 Å². The van der Waals surface area contributed by atoms with Crippen LogP contribution in [0.4, 0.5) is 5.69 Å². The van der Waals surface area contributed by atoms with Gasteiger partial charge in [-0.25, -0.2) is 4.98 Å². The molecule has 3 aromatic rings. The monoisotopic (exact) mass is 364 g/mol. The van der Waals surface area contributed by atoms with Crippen LogP contribution in [0.15, 0.2) is 36.5 Å². The molecule has 128 valence electrons. The molecule has 3 rings (SSSR count). The topological polar surface area (TPSA) is 78.5 Å². The van der Waals surface area contributed by atoms with Gasteiger partial charge in [-0.15, -0.1) is 0 Å². The number of fused-ring (bicyclic) bond motifs is 1. The maximum Gasteiger partial charge on any atom is 0.130 e. The number of nitrogen functional groups attached to an aromatic ring is 1. The number of halogens is 2. The molecule has 0 spiro atoms. The van der Waals surface area contributed by atoms with Crippen LogP contribution in [0, 0.1) is 19.3 Å². The largest absolute Gasteiger partial charge is 0.398 e. The lowest BCUT2D eigenvalue weighted by atomic mass is 10.1. The molecule has 0 radical (unpaired) electrons. The Labute approximate surface area is 152 Å². The zero-order valence-corrected chi connectivity index (χ0v) is 15.8. The molecule has 2 heterocycles. The standard InChI is InChI=1S/C8H7ClN2.C8H9ClN2.C2H6/c1-5-2-6-3-8(9)10-4-7(6)11-5;1-5-2-3-6(8(9)11)7(10)4-5;1-2/h2-4,11H,1H3;2-4,11H,10H2,1H3;1-2H3. The molecule has 0 aliphatic heterocycles. The van der Waals surface area contributed by atoms with Crippen molar-refractivity contribution in [2.75, 3.05) is 5.73 Å².